The summed E-state index contributed by atoms with van der Waals surface area (Å²) >= 11 is 0. The van der Waals surface area contributed by atoms with Gasteiger partial charge < -0.3 is 20.3 Å². The van der Waals surface area contributed by atoms with Crippen molar-refractivity contribution in [2.45, 2.75) is 57.0 Å². The van der Waals surface area contributed by atoms with E-state index < -0.39 is 6.10 Å². The van der Waals surface area contributed by atoms with Crippen molar-refractivity contribution in [1.29, 1.82) is 0 Å². The molecular weight excluding hydrogens is 338 g/mol. The van der Waals surface area contributed by atoms with Gasteiger partial charge >= 0.3 is 0 Å². The highest BCUT2D eigenvalue weighted by Gasteiger charge is 2.23. The Labute approximate surface area is 162 Å². The van der Waals surface area contributed by atoms with Gasteiger partial charge in [-0.2, -0.15) is 0 Å². The lowest BCUT2D eigenvalue weighted by molar-refractivity contribution is -0.697. The van der Waals surface area contributed by atoms with Gasteiger partial charge in [0.15, 0.2) is 0 Å². The van der Waals surface area contributed by atoms with Crippen molar-refractivity contribution < 1.29 is 20.3 Å². The molecule has 0 unspecified atom stereocenters. The smallest absolute Gasteiger partial charge is 0.126 e. The van der Waals surface area contributed by atoms with Gasteiger partial charge in [-0.25, -0.2) is 0 Å². The molecule has 1 saturated carbocycles. The number of quaternary nitrogens is 1. The van der Waals surface area contributed by atoms with Crippen LogP contribution in [0.4, 0.5) is 0 Å². The number of hydrogen-bond acceptors (Lipinski definition) is 3. The van der Waals surface area contributed by atoms with Crippen LogP contribution in [0.25, 0.3) is 0 Å². The Kier molecular flexibility index (Phi) is 7.41. The first-order chi connectivity index (χ1) is 13.1. The fourth-order valence-corrected chi connectivity index (χ4v) is 3.84. The summed E-state index contributed by atoms with van der Waals surface area (Å²) in [5, 5.41) is 22.3. The molecule has 3 rings (SSSR count). The second-order valence-electron chi connectivity index (χ2n) is 7.67. The third-order valence-electron chi connectivity index (χ3n) is 5.51. The molecule has 1 fully saturated rings. The summed E-state index contributed by atoms with van der Waals surface area (Å²) in [4.78, 5) is 0. The van der Waals surface area contributed by atoms with Gasteiger partial charge in [0.25, 0.3) is 0 Å². The second-order valence-corrected chi connectivity index (χ2v) is 7.67. The highest BCUT2D eigenvalue weighted by molar-refractivity contribution is 5.35. The Bertz CT molecular complexity index is 683. The van der Waals surface area contributed by atoms with E-state index in [4.69, 9.17) is 4.74 Å². The second kappa shape index (κ2) is 10.00. The average molecular weight is 371 g/mol. The number of hydrogen-bond donors (Lipinski definition) is 3. The first-order valence-corrected chi connectivity index (χ1v) is 10.0. The Morgan fingerprint density at radius 1 is 1.00 bits per heavy atom. The molecule has 0 bridgehead atoms. The lowest BCUT2D eigenvalue weighted by atomic mass is 9.93. The largest absolute Gasteiger partial charge is 0.393 e. The topological polar surface area (TPSA) is 66.3 Å². The number of aliphatic hydroxyl groups is 2. The molecule has 1 aliphatic carbocycles. The van der Waals surface area contributed by atoms with E-state index in [1.54, 1.807) is 0 Å². The molecule has 27 heavy (non-hydrogen) atoms. The number of aryl methyl sites for hydroxylation is 1. The van der Waals surface area contributed by atoms with E-state index >= 15 is 0 Å². The molecule has 0 heterocycles. The van der Waals surface area contributed by atoms with Crippen LogP contribution in [-0.2, 0) is 4.74 Å². The molecule has 0 saturated heterocycles. The monoisotopic (exact) mass is 370 g/mol. The van der Waals surface area contributed by atoms with Crippen molar-refractivity contribution in [3.05, 3.63) is 71.3 Å². The van der Waals surface area contributed by atoms with E-state index in [2.05, 4.69) is 36.5 Å². The lowest BCUT2D eigenvalue weighted by Crippen LogP contribution is -2.92. The van der Waals surface area contributed by atoms with Crippen molar-refractivity contribution in [2.24, 2.45) is 0 Å². The minimum atomic E-state index is -0.507. The summed E-state index contributed by atoms with van der Waals surface area (Å²) < 4.78 is 6.20. The Balaban J connectivity index is 1.57. The minimum absolute atomic E-state index is 0.136. The maximum atomic E-state index is 10.4. The Hall–Kier alpha value is -1.72. The summed E-state index contributed by atoms with van der Waals surface area (Å²) in [5.74, 6) is 0. The van der Waals surface area contributed by atoms with Gasteiger partial charge in [0.2, 0.25) is 0 Å². The van der Waals surface area contributed by atoms with Crippen molar-refractivity contribution in [2.75, 3.05) is 13.2 Å². The van der Waals surface area contributed by atoms with Crippen LogP contribution in [0.5, 0.6) is 0 Å². The summed E-state index contributed by atoms with van der Waals surface area (Å²) in [6, 6.07) is 18.9. The van der Waals surface area contributed by atoms with Gasteiger partial charge in [-0.15, -0.1) is 0 Å². The molecule has 146 valence electrons. The quantitative estimate of drug-likeness (QED) is 0.668. The predicted molar refractivity (Wildman–Crippen MR) is 106 cm³/mol. The minimum Gasteiger partial charge on any atom is -0.393 e. The Morgan fingerprint density at radius 3 is 2.37 bits per heavy atom. The summed E-state index contributed by atoms with van der Waals surface area (Å²) in [7, 11) is 0. The highest BCUT2D eigenvalue weighted by Crippen LogP contribution is 2.28. The zero-order chi connectivity index (χ0) is 19.1. The molecule has 2 aromatic rings. The third kappa shape index (κ3) is 5.88. The first-order valence-electron chi connectivity index (χ1n) is 10.0. The van der Waals surface area contributed by atoms with Gasteiger partial charge in [0.1, 0.15) is 18.8 Å². The number of benzene rings is 2. The van der Waals surface area contributed by atoms with Crippen LogP contribution >= 0.6 is 0 Å². The summed E-state index contributed by atoms with van der Waals surface area (Å²) in [6.07, 6.45) is 2.96. The SMILES string of the molecule is Cc1ccccc1[C@@H](OC[C@H](O)C[NH2+]C1CCC(O)CC1)c1ccccc1. The molecule has 1 aliphatic rings. The molecule has 4 nitrogen and oxygen atoms in total. The standard InChI is InChI=1S/C23H31NO3/c1-17-7-5-6-10-22(17)23(18-8-3-2-4-9-18)27-16-21(26)15-24-19-11-13-20(25)14-12-19/h2-10,19-21,23-26H,11-16H2,1H3/p+1/t19?,20?,21-,23+/m1/s1. The van der Waals surface area contributed by atoms with Gasteiger partial charge in [-0.05, 0) is 36.5 Å². The van der Waals surface area contributed by atoms with Crippen LogP contribution in [0.1, 0.15) is 48.5 Å². The highest BCUT2D eigenvalue weighted by atomic mass is 16.5. The molecule has 2 atom stereocenters. The third-order valence-corrected chi connectivity index (χ3v) is 5.51. The predicted octanol–water partition coefficient (Wildman–Crippen LogP) is 2.33. The van der Waals surface area contributed by atoms with Crippen molar-refractivity contribution in [3.63, 3.8) is 0 Å². The van der Waals surface area contributed by atoms with Gasteiger partial charge in [0.05, 0.1) is 18.8 Å². The van der Waals surface area contributed by atoms with Crippen molar-refractivity contribution in [3.8, 4) is 0 Å². The molecular formula is C23H32NO3+. The molecule has 0 spiro atoms. The van der Waals surface area contributed by atoms with E-state index in [9.17, 15) is 10.2 Å². The fourth-order valence-electron chi connectivity index (χ4n) is 3.84. The van der Waals surface area contributed by atoms with Crippen LogP contribution in [0.2, 0.25) is 0 Å². The van der Waals surface area contributed by atoms with Crippen LogP contribution in [0.15, 0.2) is 54.6 Å². The number of ether oxygens (including phenoxy) is 1. The number of rotatable bonds is 8. The lowest BCUT2D eigenvalue weighted by Gasteiger charge is -2.25. The van der Waals surface area contributed by atoms with Gasteiger partial charge in [0, 0.05) is 12.8 Å². The fraction of sp³-hybridized carbons (Fsp3) is 0.478. The summed E-state index contributed by atoms with van der Waals surface area (Å²) in [6.45, 7) is 3.03. The summed E-state index contributed by atoms with van der Waals surface area (Å²) in [5.41, 5.74) is 3.43. The van der Waals surface area contributed by atoms with Crippen LogP contribution < -0.4 is 5.32 Å². The van der Waals surface area contributed by atoms with Crippen LogP contribution in [0, 0.1) is 6.92 Å². The maximum Gasteiger partial charge on any atom is 0.126 e. The van der Waals surface area contributed by atoms with E-state index in [-0.39, 0.29) is 12.2 Å². The van der Waals surface area contributed by atoms with Crippen molar-refractivity contribution in [1.82, 2.24) is 0 Å². The first kappa shape index (κ1) is 20.0. The number of nitrogens with two attached hydrogens (primary N) is 1. The van der Waals surface area contributed by atoms with E-state index in [1.807, 2.05) is 30.3 Å². The molecule has 0 aliphatic heterocycles. The van der Waals surface area contributed by atoms with E-state index in [0.29, 0.717) is 19.2 Å². The van der Waals surface area contributed by atoms with Crippen LogP contribution in [0.3, 0.4) is 0 Å². The Morgan fingerprint density at radius 2 is 1.67 bits per heavy atom. The van der Waals surface area contributed by atoms with Crippen LogP contribution in [-0.4, -0.2) is 41.6 Å². The van der Waals surface area contributed by atoms with Crippen molar-refractivity contribution >= 4 is 0 Å². The van der Waals surface area contributed by atoms with E-state index in [0.717, 1.165) is 36.8 Å². The average Bonchev–Trinajstić information content (AvgIpc) is 2.70. The normalized spacial score (nSPS) is 22.3. The van der Waals surface area contributed by atoms with Gasteiger partial charge in [-0.1, -0.05) is 54.6 Å². The zero-order valence-corrected chi connectivity index (χ0v) is 16.1. The van der Waals surface area contributed by atoms with Gasteiger partial charge in [-0.3, -0.25) is 0 Å². The molecule has 4 heteroatoms. The molecule has 0 radical (unpaired) electrons. The molecule has 2 aromatic carbocycles. The maximum absolute atomic E-state index is 10.4. The molecule has 0 aromatic heterocycles. The molecule has 0 amide bonds. The molecule has 4 N–H and O–H groups in total. The number of aliphatic hydroxyl groups excluding tert-OH is 2. The zero-order valence-electron chi connectivity index (χ0n) is 16.1. The van der Waals surface area contributed by atoms with E-state index in [1.165, 1.54) is 5.56 Å².